The second-order valence-electron chi connectivity index (χ2n) is 8.01. The summed E-state index contributed by atoms with van der Waals surface area (Å²) in [5.41, 5.74) is 0.924. The molecule has 3 heterocycles. The van der Waals surface area contributed by atoms with Crippen molar-refractivity contribution in [2.45, 2.75) is 26.7 Å². The number of aromatic nitrogens is 4. The summed E-state index contributed by atoms with van der Waals surface area (Å²) < 4.78 is 29.8. The van der Waals surface area contributed by atoms with Crippen molar-refractivity contribution >= 4 is 27.1 Å². The van der Waals surface area contributed by atoms with Crippen molar-refractivity contribution in [1.29, 1.82) is 0 Å². The van der Waals surface area contributed by atoms with Crippen molar-refractivity contribution in [3.8, 4) is 5.69 Å². The fraction of sp³-hybridized carbons (Fsp3) is 0.455. The molecule has 0 aliphatic carbocycles. The van der Waals surface area contributed by atoms with Crippen LogP contribution in [0.3, 0.4) is 0 Å². The van der Waals surface area contributed by atoms with Crippen LogP contribution < -0.4 is 5.56 Å². The molecule has 1 aliphatic rings. The smallest absolute Gasteiger partial charge is 0.282 e. The molecule has 0 saturated carbocycles. The molecule has 34 heavy (non-hydrogen) atoms. The molecule has 0 unspecified atom stereocenters. The Bertz CT molecular complexity index is 1310. The van der Waals surface area contributed by atoms with Crippen LogP contribution in [0.5, 0.6) is 0 Å². The zero-order chi connectivity index (χ0) is 24.3. The molecule has 1 N–H and O–H groups in total. The van der Waals surface area contributed by atoms with E-state index in [-0.39, 0.29) is 37.4 Å². The molecule has 0 atom stereocenters. The summed E-state index contributed by atoms with van der Waals surface area (Å²) in [5, 5.41) is 4.67. The summed E-state index contributed by atoms with van der Waals surface area (Å²) in [6, 6.07) is 9.40. The second-order valence-corrected chi connectivity index (χ2v) is 9.94. The molecule has 12 heteroatoms. The number of hydrogen-bond donors (Lipinski definition) is 1. The van der Waals surface area contributed by atoms with Gasteiger partial charge in [0.1, 0.15) is 11.2 Å². The van der Waals surface area contributed by atoms with Crippen molar-refractivity contribution in [2.75, 3.05) is 39.3 Å². The van der Waals surface area contributed by atoms with Gasteiger partial charge in [0.25, 0.3) is 15.8 Å². The Labute approximate surface area is 198 Å². The fourth-order valence-electron chi connectivity index (χ4n) is 4.11. The third-order valence-electron chi connectivity index (χ3n) is 6.01. The van der Waals surface area contributed by atoms with Crippen LogP contribution in [0.2, 0.25) is 0 Å². The maximum absolute atomic E-state index is 12.8. The summed E-state index contributed by atoms with van der Waals surface area (Å²) in [6.07, 6.45) is 1.91. The van der Waals surface area contributed by atoms with E-state index < -0.39 is 10.2 Å². The van der Waals surface area contributed by atoms with E-state index in [1.165, 1.54) is 14.8 Å². The van der Waals surface area contributed by atoms with Gasteiger partial charge in [-0.05, 0) is 12.1 Å². The molecule has 4 rings (SSSR count). The SMILES string of the molecule is CCN(CC)S(=O)(=O)N1CCN(C(=O)CCc2nc3c(cnn3-c3ccccc3)c(=O)[nH]2)CC1. The number of carbonyl (C=O) groups excluding carboxylic acids is 1. The van der Waals surface area contributed by atoms with Gasteiger partial charge < -0.3 is 9.88 Å². The van der Waals surface area contributed by atoms with Crippen LogP contribution >= 0.6 is 0 Å². The number of para-hydroxylation sites is 1. The van der Waals surface area contributed by atoms with Gasteiger partial charge in [-0.3, -0.25) is 9.59 Å². The number of aryl methyl sites for hydroxylation is 1. The van der Waals surface area contributed by atoms with Crippen LogP contribution in [-0.4, -0.2) is 86.9 Å². The minimum absolute atomic E-state index is 0.0980. The molecule has 0 bridgehead atoms. The van der Waals surface area contributed by atoms with Crippen LogP contribution in [0.4, 0.5) is 0 Å². The summed E-state index contributed by atoms with van der Waals surface area (Å²) >= 11 is 0. The number of hydrogen-bond acceptors (Lipinski definition) is 6. The molecule has 1 aliphatic heterocycles. The average molecular weight is 488 g/mol. The number of rotatable bonds is 8. The van der Waals surface area contributed by atoms with E-state index in [1.807, 2.05) is 44.2 Å². The largest absolute Gasteiger partial charge is 0.340 e. The van der Waals surface area contributed by atoms with Crippen molar-refractivity contribution in [2.24, 2.45) is 0 Å². The zero-order valence-electron chi connectivity index (χ0n) is 19.3. The van der Waals surface area contributed by atoms with E-state index in [0.717, 1.165) is 5.69 Å². The second kappa shape index (κ2) is 10.0. The normalized spacial score (nSPS) is 15.3. The number of carbonyl (C=O) groups is 1. The monoisotopic (exact) mass is 487 g/mol. The third kappa shape index (κ3) is 4.74. The number of nitrogens with zero attached hydrogens (tertiary/aromatic N) is 6. The number of H-pyrrole nitrogens is 1. The first-order chi connectivity index (χ1) is 16.3. The zero-order valence-corrected chi connectivity index (χ0v) is 20.2. The van der Waals surface area contributed by atoms with Gasteiger partial charge in [0, 0.05) is 52.1 Å². The van der Waals surface area contributed by atoms with Gasteiger partial charge in [0.2, 0.25) is 5.91 Å². The van der Waals surface area contributed by atoms with Crippen LogP contribution in [0.25, 0.3) is 16.7 Å². The van der Waals surface area contributed by atoms with Crippen molar-refractivity contribution < 1.29 is 13.2 Å². The number of nitrogens with one attached hydrogen (secondary N) is 1. The Morgan fingerprint density at radius 1 is 1.09 bits per heavy atom. The number of piperazine rings is 1. The Hall–Kier alpha value is -3.09. The topological polar surface area (TPSA) is 124 Å². The highest BCUT2D eigenvalue weighted by Gasteiger charge is 2.32. The molecule has 2 aromatic heterocycles. The van der Waals surface area contributed by atoms with Crippen LogP contribution in [-0.2, 0) is 21.4 Å². The van der Waals surface area contributed by atoms with Gasteiger partial charge in [-0.2, -0.15) is 22.1 Å². The van der Waals surface area contributed by atoms with Gasteiger partial charge in [0.05, 0.1) is 11.9 Å². The number of amides is 1. The summed E-state index contributed by atoms with van der Waals surface area (Å²) in [4.78, 5) is 34.2. The Morgan fingerprint density at radius 2 is 1.76 bits per heavy atom. The van der Waals surface area contributed by atoms with E-state index in [4.69, 9.17) is 0 Å². The first-order valence-electron chi connectivity index (χ1n) is 11.4. The highest BCUT2D eigenvalue weighted by Crippen LogP contribution is 2.15. The highest BCUT2D eigenvalue weighted by atomic mass is 32.2. The molecule has 0 radical (unpaired) electrons. The molecule has 1 amide bonds. The van der Waals surface area contributed by atoms with Crippen LogP contribution in [0.15, 0.2) is 41.3 Å². The van der Waals surface area contributed by atoms with E-state index in [9.17, 15) is 18.0 Å². The van der Waals surface area contributed by atoms with Crippen molar-refractivity contribution in [1.82, 2.24) is 33.3 Å². The number of fused-ring (bicyclic) bond motifs is 1. The van der Waals surface area contributed by atoms with Crippen LogP contribution in [0, 0.1) is 0 Å². The Balaban J connectivity index is 1.41. The van der Waals surface area contributed by atoms with Gasteiger partial charge in [-0.25, -0.2) is 9.67 Å². The maximum Gasteiger partial charge on any atom is 0.282 e. The summed E-state index contributed by atoms with van der Waals surface area (Å²) in [6.45, 7) is 5.65. The Morgan fingerprint density at radius 3 is 2.41 bits per heavy atom. The molecule has 182 valence electrons. The predicted molar refractivity (Wildman–Crippen MR) is 128 cm³/mol. The molecule has 11 nitrogen and oxygen atoms in total. The van der Waals surface area contributed by atoms with E-state index >= 15 is 0 Å². The summed E-state index contributed by atoms with van der Waals surface area (Å²) in [5.74, 6) is 0.311. The minimum Gasteiger partial charge on any atom is -0.340 e. The lowest BCUT2D eigenvalue weighted by Crippen LogP contribution is -2.54. The third-order valence-corrected chi connectivity index (χ3v) is 8.20. The summed E-state index contributed by atoms with van der Waals surface area (Å²) in [7, 11) is -3.50. The Kier molecular flexibility index (Phi) is 7.10. The molecule has 1 saturated heterocycles. The predicted octanol–water partition coefficient (Wildman–Crippen LogP) is 0.772. The highest BCUT2D eigenvalue weighted by molar-refractivity contribution is 7.86. The van der Waals surface area contributed by atoms with Gasteiger partial charge >= 0.3 is 0 Å². The molecular formula is C22H29N7O4S. The quantitative estimate of drug-likeness (QED) is 0.501. The molecule has 1 fully saturated rings. The minimum atomic E-state index is -3.50. The molecule has 3 aromatic rings. The molecule has 1 aromatic carbocycles. The lowest BCUT2D eigenvalue weighted by molar-refractivity contribution is -0.132. The molecular weight excluding hydrogens is 458 g/mol. The van der Waals surface area contributed by atoms with Crippen molar-refractivity contribution in [3.63, 3.8) is 0 Å². The average Bonchev–Trinajstić information content (AvgIpc) is 3.28. The van der Waals surface area contributed by atoms with Gasteiger partial charge in [-0.15, -0.1) is 0 Å². The fourth-order valence-corrected chi connectivity index (χ4v) is 5.71. The lowest BCUT2D eigenvalue weighted by Gasteiger charge is -2.36. The number of aromatic amines is 1. The van der Waals surface area contributed by atoms with Gasteiger partial charge in [-0.1, -0.05) is 32.0 Å². The van der Waals surface area contributed by atoms with E-state index in [0.29, 0.717) is 43.0 Å². The standard InChI is InChI=1S/C22H29N7O4S/c1-3-27(4-2)34(32,33)28-14-12-26(13-15-28)20(30)11-10-19-24-21-18(22(31)25-19)16-23-29(21)17-8-6-5-7-9-17/h5-9,16H,3-4,10-15H2,1-2H3,(H,24,25,31). The first-order valence-corrected chi connectivity index (χ1v) is 12.8. The van der Waals surface area contributed by atoms with Gasteiger partial charge in [0.15, 0.2) is 5.65 Å². The molecule has 0 spiro atoms. The first kappa shape index (κ1) is 24.0. The number of benzene rings is 1. The van der Waals surface area contributed by atoms with E-state index in [1.54, 1.807) is 9.58 Å². The van der Waals surface area contributed by atoms with Crippen molar-refractivity contribution in [3.05, 3.63) is 52.7 Å². The lowest BCUT2D eigenvalue weighted by atomic mass is 10.2. The van der Waals surface area contributed by atoms with E-state index in [2.05, 4.69) is 15.1 Å². The maximum atomic E-state index is 12.8. The van der Waals surface area contributed by atoms with Crippen LogP contribution in [0.1, 0.15) is 26.1 Å².